The van der Waals surface area contributed by atoms with Gasteiger partial charge in [0.05, 0.1) is 26.2 Å². The summed E-state index contributed by atoms with van der Waals surface area (Å²) in [6, 6.07) is 10.5. The van der Waals surface area contributed by atoms with Crippen LogP contribution in [0.5, 0.6) is 11.5 Å². The maximum atomic E-state index is 13.5. The number of carboxylic acids is 1. The fourth-order valence-corrected chi connectivity index (χ4v) is 2.61. The van der Waals surface area contributed by atoms with Crippen molar-refractivity contribution >= 4 is 11.9 Å². The van der Waals surface area contributed by atoms with Crippen molar-refractivity contribution in [3.8, 4) is 11.5 Å². The lowest BCUT2D eigenvalue weighted by Crippen LogP contribution is -2.45. The smallest absolute Gasteiger partial charge is 0.306 e. The molecule has 0 bridgehead atoms. The summed E-state index contributed by atoms with van der Waals surface area (Å²) in [6.45, 7) is 1.61. The summed E-state index contributed by atoms with van der Waals surface area (Å²) in [6.07, 6.45) is -0.343. The van der Waals surface area contributed by atoms with Crippen molar-refractivity contribution < 1.29 is 28.6 Å². The van der Waals surface area contributed by atoms with E-state index in [2.05, 4.69) is 5.32 Å². The highest BCUT2D eigenvalue weighted by atomic mass is 19.1. The van der Waals surface area contributed by atoms with Crippen LogP contribution in [-0.4, -0.2) is 31.2 Å². The molecule has 2 N–H and O–H groups in total. The van der Waals surface area contributed by atoms with Crippen molar-refractivity contribution in [2.75, 3.05) is 14.2 Å². The van der Waals surface area contributed by atoms with Gasteiger partial charge in [0, 0.05) is 5.56 Å². The number of nitrogens with one attached hydrogen (secondary N) is 1. The standard InChI is InChI=1S/C19H20FNO5/c1-19(11-17(22)23,13-5-4-6-14(10-13)25-2)21-18(24)12-7-8-15(20)16(9-12)26-3/h4-10H,11H2,1-3H3,(H,21,24)(H,22,23). The van der Waals surface area contributed by atoms with Gasteiger partial charge in [-0.25, -0.2) is 4.39 Å². The van der Waals surface area contributed by atoms with Crippen LogP contribution in [0.15, 0.2) is 42.5 Å². The van der Waals surface area contributed by atoms with Crippen LogP contribution in [0.2, 0.25) is 0 Å². The zero-order valence-corrected chi connectivity index (χ0v) is 14.7. The number of rotatable bonds is 7. The lowest BCUT2D eigenvalue weighted by molar-refractivity contribution is -0.138. The van der Waals surface area contributed by atoms with Gasteiger partial charge in [-0.3, -0.25) is 9.59 Å². The summed E-state index contributed by atoms with van der Waals surface area (Å²) in [4.78, 5) is 24.0. The first-order valence-corrected chi connectivity index (χ1v) is 7.81. The molecule has 26 heavy (non-hydrogen) atoms. The monoisotopic (exact) mass is 361 g/mol. The molecule has 0 heterocycles. The second-order valence-electron chi connectivity index (χ2n) is 5.94. The number of halogens is 1. The van der Waals surface area contributed by atoms with E-state index in [4.69, 9.17) is 9.47 Å². The summed E-state index contributed by atoms with van der Waals surface area (Å²) in [7, 11) is 2.79. The molecule has 0 aliphatic rings. The predicted molar refractivity (Wildman–Crippen MR) is 93.0 cm³/mol. The van der Waals surface area contributed by atoms with Gasteiger partial charge in [0.2, 0.25) is 0 Å². The first-order valence-electron chi connectivity index (χ1n) is 7.81. The van der Waals surface area contributed by atoms with Gasteiger partial charge in [-0.05, 0) is 42.8 Å². The van der Waals surface area contributed by atoms with Crippen LogP contribution in [0.1, 0.15) is 29.3 Å². The van der Waals surface area contributed by atoms with Crippen LogP contribution in [0.3, 0.4) is 0 Å². The van der Waals surface area contributed by atoms with Gasteiger partial charge in [-0.2, -0.15) is 0 Å². The second-order valence-corrected chi connectivity index (χ2v) is 5.94. The van der Waals surface area contributed by atoms with E-state index in [1.165, 1.54) is 26.4 Å². The lowest BCUT2D eigenvalue weighted by atomic mass is 9.88. The minimum Gasteiger partial charge on any atom is -0.497 e. The molecule has 0 aromatic heterocycles. The van der Waals surface area contributed by atoms with E-state index in [-0.39, 0.29) is 17.7 Å². The molecule has 2 aromatic carbocycles. The molecule has 0 aliphatic heterocycles. The summed E-state index contributed by atoms with van der Waals surface area (Å²) in [5.74, 6) is -1.75. The Balaban J connectivity index is 2.37. The molecule has 6 nitrogen and oxygen atoms in total. The van der Waals surface area contributed by atoms with Crippen LogP contribution >= 0.6 is 0 Å². The van der Waals surface area contributed by atoms with Crippen LogP contribution in [0.4, 0.5) is 4.39 Å². The van der Waals surface area contributed by atoms with Crippen LogP contribution in [-0.2, 0) is 10.3 Å². The molecule has 7 heteroatoms. The summed E-state index contributed by atoms with van der Waals surface area (Å²) in [5, 5.41) is 12.0. The number of ether oxygens (including phenoxy) is 2. The summed E-state index contributed by atoms with van der Waals surface area (Å²) in [5.41, 5.74) is -0.469. The van der Waals surface area contributed by atoms with Crippen molar-refractivity contribution in [3.63, 3.8) is 0 Å². The molecular formula is C19H20FNO5. The molecule has 138 valence electrons. The lowest BCUT2D eigenvalue weighted by Gasteiger charge is -2.30. The predicted octanol–water partition coefficient (Wildman–Crippen LogP) is 2.96. The Labute approximate surface area is 150 Å². The third kappa shape index (κ3) is 4.30. The Morgan fingerprint density at radius 3 is 2.50 bits per heavy atom. The second kappa shape index (κ2) is 7.86. The van der Waals surface area contributed by atoms with Crippen molar-refractivity contribution in [1.82, 2.24) is 5.32 Å². The fourth-order valence-electron chi connectivity index (χ4n) is 2.61. The molecule has 1 amide bonds. The van der Waals surface area contributed by atoms with E-state index in [0.29, 0.717) is 11.3 Å². The molecule has 0 radical (unpaired) electrons. The van der Waals surface area contributed by atoms with Gasteiger partial charge in [0.15, 0.2) is 11.6 Å². The van der Waals surface area contributed by atoms with Crippen molar-refractivity contribution in [2.24, 2.45) is 0 Å². The topological polar surface area (TPSA) is 84.9 Å². The molecule has 0 saturated carbocycles. The van der Waals surface area contributed by atoms with Crippen LogP contribution in [0.25, 0.3) is 0 Å². The van der Waals surface area contributed by atoms with Crippen LogP contribution in [0, 0.1) is 5.82 Å². The number of amides is 1. The molecule has 0 saturated heterocycles. The number of carbonyl (C=O) groups is 2. The maximum Gasteiger partial charge on any atom is 0.306 e. The third-order valence-electron chi connectivity index (χ3n) is 4.01. The third-order valence-corrected chi connectivity index (χ3v) is 4.01. The Morgan fingerprint density at radius 1 is 1.15 bits per heavy atom. The van der Waals surface area contributed by atoms with Gasteiger partial charge in [0.25, 0.3) is 5.91 Å². The molecule has 2 rings (SSSR count). The van der Waals surface area contributed by atoms with Gasteiger partial charge >= 0.3 is 5.97 Å². The van der Waals surface area contributed by atoms with E-state index in [1.54, 1.807) is 31.2 Å². The highest BCUT2D eigenvalue weighted by Crippen LogP contribution is 2.29. The highest BCUT2D eigenvalue weighted by molar-refractivity contribution is 5.95. The number of methoxy groups -OCH3 is 2. The average molecular weight is 361 g/mol. The van der Waals surface area contributed by atoms with Crippen molar-refractivity contribution in [1.29, 1.82) is 0 Å². The normalized spacial score (nSPS) is 12.8. The van der Waals surface area contributed by atoms with E-state index in [1.807, 2.05) is 0 Å². The van der Waals surface area contributed by atoms with Gasteiger partial charge in [0.1, 0.15) is 5.75 Å². The quantitative estimate of drug-likeness (QED) is 0.792. The Morgan fingerprint density at radius 2 is 1.88 bits per heavy atom. The summed E-state index contributed by atoms with van der Waals surface area (Å²) < 4.78 is 23.6. The minimum atomic E-state index is -1.20. The molecule has 1 unspecified atom stereocenters. The van der Waals surface area contributed by atoms with E-state index >= 15 is 0 Å². The maximum absolute atomic E-state index is 13.5. The molecule has 2 aromatic rings. The molecule has 0 aliphatic carbocycles. The number of aliphatic carboxylic acids is 1. The van der Waals surface area contributed by atoms with Crippen molar-refractivity contribution in [3.05, 3.63) is 59.4 Å². The Kier molecular flexibility index (Phi) is 5.82. The zero-order chi connectivity index (χ0) is 19.3. The van der Waals surface area contributed by atoms with Crippen LogP contribution < -0.4 is 14.8 Å². The number of hydrogen-bond acceptors (Lipinski definition) is 4. The molecule has 0 spiro atoms. The number of hydrogen-bond donors (Lipinski definition) is 2. The van der Waals surface area contributed by atoms with E-state index in [0.717, 1.165) is 6.07 Å². The number of carbonyl (C=O) groups excluding carboxylic acids is 1. The molecular weight excluding hydrogens is 341 g/mol. The Bertz CT molecular complexity index is 823. The molecule has 0 fully saturated rings. The number of benzene rings is 2. The minimum absolute atomic E-state index is 0.0704. The van der Waals surface area contributed by atoms with Gasteiger partial charge in [-0.15, -0.1) is 0 Å². The van der Waals surface area contributed by atoms with E-state index < -0.39 is 23.2 Å². The Hall–Kier alpha value is -3.09. The van der Waals surface area contributed by atoms with Gasteiger partial charge in [-0.1, -0.05) is 12.1 Å². The number of carboxylic acid groups (broad SMARTS) is 1. The average Bonchev–Trinajstić information content (AvgIpc) is 2.61. The highest BCUT2D eigenvalue weighted by Gasteiger charge is 2.32. The largest absolute Gasteiger partial charge is 0.497 e. The van der Waals surface area contributed by atoms with Crippen molar-refractivity contribution in [2.45, 2.75) is 18.9 Å². The first-order chi connectivity index (χ1) is 12.3. The molecule has 1 atom stereocenters. The SMILES string of the molecule is COc1cccc(C(C)(CC(=O)O)NC(=O)c2ccc(F)c(OC)c2)c1. The zero-order valence-electron chi connectivity index (χ0n) is 14.7. The van der Waals surface area contributed by atoms with Gasteiger partial charge < -0.3 is 19.9 Å². The summed E-state index contributed by atoms with van der Waals surface area (Å²) >= 11 is 0. The fraction of sp³-hybridized carbons (Fsp3) is 0.263. The van der Waals surface area contributed by atoms with E-state index in [9.17, 15) is 19.1 Å². The first kappa shape index (κ1) is 19.2.